The third kappa shape index (κ3) is 3.77. The molecule has 0 aliphatic heterocycles. The Morgan fingerprint density at radius 1 is 1.35 bits per heavy atom. The van der Waals surface area contributed by atoms with E-state index in [2.05, 4.69) is 25.1 Å². The second-order valence-corrected chi connectivity index (χ2v) is 5.15. The van der Waals surface area contributed by atoms with E-state index in [0.717, 1.165) is 11.3 Å². The number of carbonyl (C=O) groups excluding carboxylic acids is 1. The Hall–Kier alpha value is -0.960. The SMILES string of the molecule is CCC(=O)c1ccc(N(C)C(C)CSC)cc1. The number of thioether (sulfide) groups is 1. The van der Waals surface area contributed by atoms with Crippen molar-refractivity contribution in [1.29, 1.82) is 0 Å². The minimum absolute atomic E-state index is 0.205. The van der Waals surface area contributed by atoms with Crippen molar-refractivity contribution in [3.05, 3.63) is 29.8 Å². The van der Waals surface area contributed by atoms with Crippen LogP contribution >= 0.6 is 11.8 Å². The normalized spacial score (nSPS) is 12.2. The number of carbonyl (C=O) groups is 1. The van der Waals surface area contributed by atoms with Gasteiger partial charge in [-0.2, -0.15) is 11.8 Å². The van der Waals surface area contributed by atoms with Crippen LogP contribution in [0.1, 0.15) is 30.6 Å². The minimum Gasteiger partial charge on any atom is -0.371 e. The Labute approximate surface area is 108 Å². The number of Topliss-reactive ketones (excluding diaryl/α,β-unsaturated/α-hetero) is 1. The van der Waals surface area contributed by atoms with Crippen LogP contribution in [0.5, 0.6) is 0 Å². The predicted octanol–water partition coefficient (Wildman–Crippen LogP) is 3.47. The summed E-state index contributed by atoms with van der Waals surface area (Å²) < 4.78 is 0. The van der Waals surface area contributed by atoms with Gasteiger partial charge in [-0.15, -0.1) is 0 Å². The Bertz CT molecular complexity index is 361. The van der Waals surface area contributed by atoms with E-state index >= 15 is 0 Å². The lowest BCUT2D eigenvalue weighted by Gasteiger charge is -2.26. The van der Waals surface area contributed by atoms with Crippen LogP contribution in [0.15, 0.2) is 24.3 Å². The maximum atomic E-state index is 11.5. The van der Waals surface area contributed by atoms with E-state index in [1.54, 1.807) is 0 Å². The molecule has 0 saturated heterocycles. The summed E-state index contributed by atoms with van der Waals surface area (Å²) in [6.07, 6.45) is 2.69. The fourth-order valence-electron chi connectivity index (χ4n) is 1.69. The third-order valence-corrected chi connectivity index (χ3v) is 3.80. The number of nitrogens with zero attached hydrogens (tertiary/aromatic N) is 1. The lowest BCUT2D eigenvalue weighted by Crippen LogP contribution is -2.30. The van der Waals surface area contributed by atoms with E-state index in [1.165, 1.54) is 5.69 Å². The predicted molar refractivity (Wildman–Crippen MR) is 77.3 cm³/mol. The van der Waals surface area contributed by atoms with Crippen LogP contribution in [-0.2, 0) is 0 Å². The second-order valence-electron chi connectivity index (χ2n) is 4.24. The molecule has 1 rings (SSSR count). The standard InChI is InChI=1S/C14H21NOS/c1-5-14(16)12-6-8-13(9-7-12)15(3)11(2)10-17-4/h6-9,11H,5,10H2,1-4H3. The summed E-state index contributed by atoms with van der Waals surface area (Å²) in [5, 5.41) is 0. The summed E-state index contributed by atoms with van der Waals surface area (Å²) in [7, 11) is 2.09. The van der Waals surface area contributed by atoms with Crippen LogP contribution in [0, 0.1) is 0 Å². The third-order valence-electron chi connectivity index (χ3n) is 2.99. The topological polar surface area (TPSA) is 20.3 Å². The van der Waals surface area contributed by atoms with Crippen LogP contribution in [0.2, 0.25) is 0 Å². The molecule has 0 aliphatic rings. The summed E-state index contributed by atoms with van der Waals surface area (Å²) in [6, 6.07) is 8.39. The highest BCUT2D eigenvalue weighted by molar-refractivity contribution is 7.98. The molecule has 0 spiro atoms. The zero-order valence-electron chi connectivity index (χ0n) is 11.1. The molecule has 1 atom stereocenters. The van der Waals surface area contributed by atoms with Gasteiger partial charge in [0.05, 0.1) is 0 Å². The summed E-state index contributed by atoms with van der Waals surface area (Å²) in [4.78, 5) is 13.8. The first-order valence-corrected chi connectivity index (χ1v) is 7.34. The highest BCUT2D eigenvalue weighted by Gasteiger charge is 2.10. The van der Waals surface area contributed by atoms with Gasteiger partial charge in [-0.3, -0.25) is 4.79 Å². The number of benzene rings is 1. The molecule has 0 radical (unpaired) electrons. The van der Waals surface area contributed by atoms with Crippen molar-refractivity contribution in [2.45, 2.75) is 26.3 Å². The molecule has 1 aromatic rings. The lowest BCUT2D eigenvalue weighted by atomic mass is 10.1. The molecule has 1 aromatic carbocycles. The molecule has 0 N–H and O–H groups in total. The molecule has 17 heavy (non-hydrogen) atoms. The molecule has 0 heterocycles. The quantitative estimate of drug-likeness (QED) is 0.722. The molecule has 2 nitrogen and oxygen atoms in total. The minimum atomic E-state index is 0.205. The fourth-order valence-corrected chi connectivity index (χ4v) is 2.40. The Kier molecular flexibility index (Phi) is 5.56. The largest absolute Gasteiger partial charge is 0.371 e. The molecule has 0 aromatic heterocycles. The fraction of sp³-hybridized carbons (Fsp3) is 0.500. The van der Waals surface area contributed by atoms with Crippen LogP contribution < -0.4 is 4.90 Å². The van der Waals surface area contributed by atoms with Crippen LogP contribution in [0.3, 0.4) is 0 Å². The summed E-state index contributed by atoms with van der Waals surface area (Å²) in [6.45, 7) is 4.10. The van der Waals surface area contributed by atoms with Gasteiger partial charge in [-0.1, -0.05) is 6.92 Å². The Morgan fingerprint density at radius 3 is 2.41 bits per heavy atom. The van der Waals surface area contributed by atoms with Crippen LogP contribution in [0.4, 0.5) is 5.69 Å². The second kappa shape index (κ2) is 6.70. The van der Waals surface area contributed by atoms with E-state index in [0.29, 0.717) is 12.5 Å². The van der Waals surface area contributed by atoms with Crippen molar-refractivity contribution < 1.29 is 4.79 Å². The maximum absolute atomic E-state index is 11.5. The van der Waals surface area contributed by atoms with Crippen LogP contribution in [-0.4, -0.2) is 30.9 Å². The molecular weight excluding hydrogens is 230 g/mol. The highest BCUT2D eigenvalue weighted by Crippen LogP contribution is 2.18. The van der Waals surface area contributed by atoms with Gasteiger partial charge in [0.15, 0.2) is 5.78 Å². The average Bonchev–Trinajstić information content (AvgIpc) is 2.37. The van der Waals surface area contributed by atoms with Gasteiger partial charge in [-0.05, 0) is 37.4 Å². The van der Waals surface area contributed by atoms with E-state index in [-0.39, 0.29) is 5.78 Å². The van der Waals surface area contributed by atoms with Crippen molar-refractivity contribution in [1.82, 2.24) is 0 Å². The van der Waals surface area contributed by atoms with Gasteiger partial charge in [0.1, 0.15) is 0 Å². The van der Waals surface area contributed by atoms with Crippen molar-refractivity contribution in [3.8, 4) is 0 Å². The Morgan fingerprint density at radius 2 is 1.94 bits per heavy atom. The van der Waals surface area contributed by atoms with E-state index < -0.39 is 0 Å². The first-order valence-electron chi connectivity index (χ1n) is 5.95. The van der Waals surface area contributed by atoms with Gasteiger partial charge >= 0.3 is 0 Å². The van der Waals surface area contributed by atoms with Gasteiger partial charge in [0, 0.05) is 36.5 Å². The van der Waals surface area contributed by atoms with E-state index in [4.69, 9.17) is 0 Å². The Balaban J connectivity index is 2.76. The zero-order chi connectivity index (χ0) is 12.8. The summed E-state index contributed by atoms with van der Waals surface area (Å²) >= 11 is 1.85. The van der Waals surface area contributed by atoms with Gasteiger partial charge < -0.3 is 4.90 Å². The summed E-state index contributed by atoms with van der Waals surface area (Å²) in [5.41, 5.74) is 1.97. The van der Waals surface area contributed by atoms with Crippen molar-refractivity contribution >= 4 is 23.2 Å². The van der Waals surface area contributed by atoms with Gasteiger partial charge in [0.25, 0.3) is 0 Å². The molecule has 0 fully saturated rings. The number of ketones is 1. The molecule has 3 heteroatoms. The first-order chi connectivity index (χ1) is 8.10. The van der Waals surface area contributed by atoms with E-state index in [9.17, 15) is 4.79 Å². The molecule has 94 valence electrons. The summed E-state index contributed by atoms with van der Waals surface area (Å²) in [5.74, 6) is 1.31. The first kappa shape index (κ1) is 14.1. The number of anilines is 1. The maximum Gasteiger partial charge on any atom is 0.162 e. The van der Waals surface area contributed by atoms with Gasteiger partial charge in [-0.25, -0.2) is 0 Å². The average molecular weight is 251 g/mol. The highest BCUT2D eigenvalue weighted by atomic mass is 32.2. The van der Waals surface area contributed by atoms with Crippen molar-refractivity contribution in [2.75, 3.05) is 24.0 Å². The number of rotatable bonds is 6. The molecule has 1 unspecified atom stereocenters. The molecule has 0 bridgehead atoms. The van der Waals surface area contributed by atoms with Crippen molar-refractivity contribution in [3.63, 3.8) is 0 Å². The smallest absolute Gasteiger partial charge is 0.162 e. The lowest BCUT2D eigenvalue weighted by molar-refractivity contribution is 0.0988. The zero-order valence-corrected chi connectivity index (χ0v) is 11.9. The van der Waals surface area contributed by atoms with Crippen molar-refractivity contribution in [2.24, 2.45) is 0 Å². The monoisotopic (exact) mass is 251 g/mol. The van der Waals surface area contributed by atoms with Crippen LogP contribution in [0.25, 0.3) is 0 Å². The molecule has 0 amide bonds. The molecule has 0 aliphatic carbocycles. The molecule has 0 saturated carbocycles. The molecular formula is C14H21NOS. The van der Waals surface area contributed by atoms with Gasteiger partial charge in [0.2, 0.25) is 0 Å². The number of hydrogen-bond acceptors (Lipinski definition) is 3. The number of hydrogen-bond donors (Lipinski definition) is 0. The van der Waals surface area contributed by atoms with E-state index in [1.807, 2.05) is 43.0 Å².